The predicted octanol–water partition coefficient (Wildman–Crippen LogP) is 7.08. The second kappa shape index (κ2) is 12.0. The normalized spacial score (nSPS) is 24.4. The van der Waals surface area contributed by atoms with E-state index < -0.39 is 6.10 Å². The first-order valence-corrected chi connectivity index (χ1v) is 15.9. The SMILES string of the molecule is COc1ccc(C2CCC(C(NC(=O)C3CCCCC3)c3cc(-c4cnc(C5CC5)s4)ccn3)CC2O)cc1C. The van der Waals surface area contributed by atoms with Gasteiger partial charge in [-0.15, -0.1) is 11.3 Å². The van der Waals surface area contributed by atoms with Crippen LogP contribution in [0.1, 0.15) is 104 Å². The summed E-state index contributed by atoms with van der Waals surface area (Å²) in [5.41, 5.74) is 4.23. The Balaban J connectivity index is 1.24. The largest absolute Gasteiger partial charge is 0.496 e. The molecule has 3 saturated carbocycles. The van der Waals surface area contributed by atoms with Crippen LogP contribution in [0.5, 0.6) is 5.75 Å². The Morgan fingerprint density at radius 1 is 1.05 bits per heavy atom. The number of carbonyl (C=O) groups excluding carboxylic acids is 1. The summed E-state index contributed by atoms with van der Waals surface area (Å²) >= 11 is 1.78. The molecule has 4 atom stereocenters. The number of nitrogens with zero attached hydrogens (tertiary/aromatic N) is 2. The lowest BCUT2D eigenvalue weighted by Crippen LogP contribution is -2.41. The van der Waals surface area contributed by atoms with Crippen molar-refractivity contribution in [3.8, 4) is 16.2 Å². The van der Waals surface area contributed by atoms with Gasteiger partial charge in [-0.1, -0.05) is 31.4 Å². The van der Waals surface area contributed by atoms with Crippen LogP contribution < -0.4 is 10.1 Å². The molecule has 6 rings (SSSR count). The van der Waals surface area contributed by atoms with Gasteiger partial charge in [0.05, 0.1) is 34.8 Å². The number of rotatable bonds is 8. The molecular weight excluding hydrogens is 518 g/mol. The highest BCUT2D eigenvalue weighted by molar-refractivity contribution is 7.15. The van der Waals surface area contributed by atoms with Crippen LogP contribution in [0.4, 0.5) is 0 Å². The molecule has 3 aromatic rings. The summed E-state index contributed by atoms with van der Waals surface area (Å²) < 4.78 is 5.44. The Hall–Kier alpha value is -2.77. The smallest absolute Gasteiger partial charge is 0.223 e. The Kier molecular flexibility index (Phi) is 8.22. The van der Waals surface area contributed by atoms with Gasteiger partial charge in [-0.2, -0.15) is 0 Å². The maximum absolute atomic E-state index is 13.5. The highest BCUT2D eigenvalue weighted by atomic mass is 32.1. The molecule has 3 aliphatic rings. The first kappa shape index (κ1) is 27.4. The van der Waals surface area contributed by atoms with Gasteiger partial charge in [0.1, 0.15) is 5.75 Å². The molecule has 2 heterocycles. The number of aryl methyl sites for hydroxylation is 1. The van der Waals surface area contributed by atoms with E-state index in [0.717, 1.165) is 71.5 Å². The highest BCUT2D eigenvalue weighted by Gasteiger charge is 2.37. The first-order valence-electron chi connectivity index (χ1n) is 15.0. The second-order valence-electron chi connectivity index (χ2n) is 12.1. The zero-order chi connectivity index (χ0) is 27.6. The molecule has 3 fully saturated rings. The maximum atomic E-state index is 13.5. The quantitative estimate of drug-likeness (QED) is 0.308. The number of aliphatic hydroxyl groups excluding tert-OH is 1. The summed E-state index contributed by atoms with van der Waals surface area (Å²) in [6.45, 7) is 2.05. The van der Waals surface area contributed by atoms with Crippen molar-refractivity contribution in [1.29, 1.82) is 0 Å². The molecule has 3 aliphatic carbocycles. The molecule has 2 N–H and O–H groups in total. The number of aromatic nitrogens is 2. The fraction of sp³-hybridized carbons (Fsp3) is 0.545. The third kappa shape index (κ3) is 5.96. The Bertz CT molecular complexity index is 1330. The topological polar surface area (TPSA) is 84.3 Å². The van der Waals surface area contributed by atoms with Crippen molar-refractivity contribution in [2.45, 2.75) is 95.1 Å². The van der Waals surface area contributed by atoms with Gasteiger partial charge >= 0.3 is 0 Å². The number of pyridine rings is 1. The monoisotopic (exact) mass is 559 g/mol. The van der Waals surface area contributed by atoms with Crippen molar-refractivity contribution in [2.75, 3.05) is 7.11 Å². The Labute approximate surface area is 241 Å². The Morgan fingerprint density at radius 3 is 2.60 bits per heavy atom. The molecule has 0 bridgehead atoms. The second-order valence-corrected chi connectivity index (χ2v) is 13.2. The van der Waals surface area contributed by atoms with Crippen molar-refractivity contribution in [1.82, 2.24) is 15.3 Å². The third-order valence-corrected chi connectivity index (χ3v) is 10.5. The lowest BCUT2D eigenvalue weighted by molar-refractivity contribution is -0.127. The number of carbonyl (C=O) groups is 1. The standard InChI is InChI=1S/C33H41N3O3S/c1-20-16-23(11-13-29(20)39-2)26-12-10-25(18-28(26)37)31(36-32(38)21-6-4-3-5-7-21)27-17-24(14-15-34-27)30-19-35-33(40-30)22-8-9-22/h11,13-17,19,21-22,25-26,28,31,37H,3-10,12,18H2,1-2H3,(H,36,38). The summed E-state index contributed by atoms with van der Waals surface area (Å²) in [4.78, 5) is 24.1. The number of ether oxygens (including phenoxy) is 1. The van der Waals surface area contributed by atoms with E-state index in [2.05, 4.69) is 28.5 Å². The molecule has 1 amide bonds. The average Bonchev–Trinajstić information content (AvgIpc) is 3.72. The molecule has 1 aromatic carbocycles. The van der Waals surface area contributed by atoms with Crippen LogP contribution >= 0.6 is 11.3 Å². The predicted molar refractivity (Wildman–Crippen MR) is 159 cm³/mol. The van der Waals surface area contributed by atoms with Gasteiger partial charge in [-0.05, 0) is 92.7 Å². The van der Waals surface area contributed by atoms with Crippen molar-refractivity contribution in [2.24, 2.45) is 11.8 Å². The molecular formula is C33H41N3O3S. The molecule has 0 saturated heterocycles. The number of thiazole rings is 1. The number of nitrogens with one attached hydrogen (secondary N) is 1. The number of benzene rings is 1. The molecule has 40 heavy (non-hydrogen) atoms. The van der Waals surface area contributed by atoms with E-state index in [9.17, 15) is 9.90 Å². The Morgan fingerprint density at radius 2 is 1.88 bits per heavy atom. The fourth-order valence-electron chi connectivity index (χ4n) is 6.78. The average molecular weight is 560 g/mol. The zero-order valence-corrected chi connectivity index (χ0v) is 24.5. The van der Waals surface area contributed by atoms with Gasteiger partial charge in [-0.3, -0.25) is 9.78 Å². The van der Waals surface area contributed by atoms with E-state index in [1.807, 2.05) is 31.5 Å². The van der Waals surface area contributed by atoms with Gasteiger partial charge in [0.15, 0.2) is 0 Å². The minimum Gasteiger partial charge on any atom is -0.496 e. The molecule has 0 radical (unpaired) electrons. The van der Waals surface area contributed by atoms with Crippen LogP contribution in [-0.4, -0.2) is 34.2 Å². The van der Waals surface area contributed by atoms with Crippen LogP contribution in [-0.2, 0) is 4.79 Å². The lowest BCUT2D eigenvalue weighted by Gasteiger charge is -2.38. The summed E-state index contributed by atoms with van der Waals surface area (Å²) in [7, 11) is 1.69. The molecule has 212 valence electrons. The van der Waals surface area contributed by atoms with E-state index in [4.69, 9.17) is 9.72 Å². The fourth-order valence-corrected chi connectivity index (χ4v) is 7.87. The van der Waals surface area contributed by atoms with E-state index in [0.29, 0.717) is 12.3 Å². The molecule has 7 heteroatoms. The minimum absolute atomic E-state index is 0.0746. The van der Waals surface area contributed by atoms with Crippen molar-refractivity contribution < 1.29 is 14.6 Å². The summed E-state index contributed by atoms with van der Waals surface area (Å²) in [5, 5.41) is 16.1. The molecule has 6 nitrogen and oxygen atoms in total. The number of hydrogen-bond donors (Lipinski definition) is 2. The van der Waals surface area contributed by atoms with Gasteiger partial charge in [-0.25, -0.2) is 4.98 Å². The van der Waals surface area contributed by atoms with E-state index in [-0.39, 0.29) is 29.7 Å². The van der Waals surface area contributed by atoms with Crippen molar-refractivity contribution in [3.63, 3.8) is 0 Å². The molecule has 0 aliphatic heterocycles. The van der Waals surface area contributed by atoms with Crippen LogP contribution in [0, 0.1) is 18.8 Å². The van der Waals surface area contributed by atoms with E-state index >= 15 is 0 Å². The van der Waals surface area contributed by atoms with Crippen LogP contribution in [0.3, 0.4) is 0 Å². The summed E-state index contributed by atoms with van der Waals surface area (Å²) in [6, 6.07) is 10.2. The van der Waals surface area contributed by atoms with Crippen molar-refractivity contribution in [3.05, 3.63) is 64.6 Å². The van der Waals surface area contributed by atoms with Crippen LogP contribution in [0.15, 0.2) is 42.7 Å². The third-order valence-electron chi connectivity index (χ3n) is 9.28. The minimum atomic E-state index is -0.480. The maximum Gasteiger partial charge on any atom is 0.223 e. The van der Waals surface area contributed by atoms with Gasteiger partial charge in [0, 0.05) is 30.1 Å². The highest BCUT2D eigenvalue weighted by Crippen LogP contribution is 2.45. The molecule has 0 spiro atoms. The number of methoxy groups -OCH3 is 1. The summed E-state index contributed by atoms with van der Waals surface area (Å²) in [6.07, 6.45) is 13.6. The van der Waals surface area contributed by atoms with E-state index in [1.165, 1.54) is 24.3 Å². The lowest BCUT2D eigenvalue weighted by atomic mass is 9.73. The van der Waals surface area contributed by atoms with Gasteiger partial charge in [0.2, 0.25) is 5.91 Å². The molecule has 4 unspecified atom stereocenters. The summed E-state index contributed by atoms with van der Waals surface area (Å²) in [5.74, 6) is 1.92. The number of hydrogen-bond acceptors (Lipinski definition) is 6. The number of amides is 1. The number of aliphatic hydroxyl groups is 1. The zero-order valence-electron chi connectivity index (χ0n) is 23.6. The van der Waals surface area contributed by atoms with Crippen LogP contribution in [0.2, 0.25) is 0 Å². The van der Waals surface area contributed by atoms with Gasteiger partial charge < -0.3 is 15.2 Å². The first-order chi connectivity index (χ1) is 19.5. The van der Waals surface area contributed by atoms with Crippen LogP contribution in [0.25, 0.3) is 10.4 Å². The molecule has 2 aromatic heterocycles. The van der Waals surface area contributed by atoms with Gasteiger partial charge in [0.25, 0.3) is 0 Å². The van der Waals surface area contributed by atoms with E-state index in [1.54, 1.807) is 18.4 Å². The van der Waals surface area contributed by atoms with Crippen molar-refractivity contribution >= 4 is 17.2 Å².